The number of hydrazine groups is 1. The number of rotatable bonds is 19. The second-order valence-corrected chi connectivity index (χ2v) is 13.9. The molecule has 3 aromatic carbocycles. The molecule has 1 aliphatic rings. The van der Waals surface area contributed by atoms with Crippen LogP contribution >= 0.6 is 15.9 Å². The van der Waals surface area contributed by atoms with Gasteiger partial charge in [0, 0.05) is 17.1 Å². The number of methoxy groups -OCH3 is 1. The molecule has 2 N–H and O–H groups in total. The Morgan fingerprint density at radius 1 is 0.904 bits per heavy atom. The van der Waals surface area contributed by atoms with Crippen LogP contribution in [0.15, 0.2) is 70.1 Å². The molecule has 0 spiro atoms. The van der Waals surface area contributed by atoms with Crippen molar-refractivity contribution >= 4 is 67.6 Å². The predicted octanol–water partition coefficient (Wildman–Crippen LogP) is 8.84. The SMILES string of the molecule is CCCCCCCCCCCCCCOC(=O)c1ccc(OC)c(N=C2NN(c3ccc(NC(C)=O)cc3)C(=O)C2n2nnc3cc(Br)ccc32)c1. The normalized spacial score (nSPS) is 14.9. The van der Waals surface area contributed by atoms with E-state index < -0.39 is 12.0 Å². The van der Waals surface area contributed by atoms with Gasteiger partial charge in [-0.1, -0.05) is 98.7 Å². The van der Waals surface area contributed by atoms with E-state index in [0.29, 0.717) is 46.0 Å². The van der Waals surface area contributed by atoms with Gasteiger partial charge in [0.05, 0.1) is 30.5 Å². The van der Waals surface area contributed by atoms with E-state index in [1.54, 1.807) is 42.5 Å². The fourth-order valence-corrected chi connectivity index (χ4v) is 6.55. The molecule has 1 saturated heterocycles. The maximum absolute atomic E-state index is 14.1. The van der Waals surface area contributed by atoms with Crippen LogP contribution in [0, 0.1) is 0 Å². The molecule has 5 rings (SSSR count). The average molecular weight is 775 g/mol. The van der Waals surface area contributed by atoms with Gasteiger partial charge in [-0.3, -0.25) is 15.0 Å². The maximum atomic E-state index is 14.1. The summed E-state index contributed by atoms with van der Waals surface area (Å²) < 4.78 is 13.6. The number of aromatic nitrogens is 3. The van der Waals surface area contributed by atoms with Crippen molar-refractivity contribution in [1.29, 1.82) is 0 Å². The molecule has 1 aromatic heterocycles. The molecule has 0 saturated carbocycles. The Morgan fingerprint density at radius 3 is 2.23 bits per heavy atom. The monoisotopic (exact) mass is 773 g/mol. The zero-order valence-corrected chi connectivity index (χ0v) is 31.8. The Balaban J connectivity index is 1.28. The average Bonchev–Trinajstić information content (AvgIpc) is 3.69. The number of amides is 2. The van der Waals surface area contributed by atoms with Gasteiger partial charge in [-0.25, -0.2) is 19.5 Å². The van der Waals surface area contributed by atoms with Crippen molar-refractivity contribution in [2.75, 3.05) is 24.0 Å². The predicted molar refractivity (Wildman–Crippen MR) is 207 cm³/mol. The quantitative estimate of drug-likeness (QED) is 0.0712. The second-order valence-electron chi connectivity index (χ2n) is 13.0. The highest BCUT2D eigenvalue weighted by Gasteiger charge is 2.41. The first-order valence-corrected chi connectivity index (χ1v) is 19.0. The third-order valence-electron chi connectivity index (χ3n) is 8.95. The third-order valence-corrected chi connectivity index (χ3v) is 9.44. The van der Waals surface area contributed by atoms with Crippen LogP contribution in [0.3, 0.4) is 0 Å². The lowest BCUT2D eigenvalue weighted by Crippen LogP contribution is -2.35. The van der Waals surface area contributed by atoms with E-state index in [-0.39, 0.29) is 17.6 Å². The summed E-state index contributed by atoms with van der Waals surface area (Å²) in [6, 6.07) is 16.2. The number of nitrogens with zero attached hydrogens (tertiary/aromatic N) is 5. The first kappa shape index (κ1) is 38.5. The summed E-state index contributed by atoms with van der Waals surface area (Å²) in [5.41, 5.74) is 6.12. The molecule has 0 radical (unpaired) electrons. The number of amidine groups is 1. The molecule has 0 bridgehead atoms. The highest BCUT2D eigenvalue weighted by molar-refractivity contribution is 9.10. The van der Waals surface area contributed by atoms with Crippen molar-refractivity contribution < 1.29 is 23.9 Å². The number of fused-ring (bicyclic) bond motifs is 1. The van der Waals surface area contributed by atoms with Crippen LogP contribution in [0.25, 0.3) is 11.0 Å². The van der Waals surface area contributed by atoms with E-state index in [2.05, 4.69) is 43.9 Å². The summed E-state index contributed by atoms with van der Waals surface area (Å²) in [5.74, 6) is -0.369. The minimum atomic E-state index is -1.02. The fraction of sp³-hybridized carbons (Fsp3) is 0.436. The molecule has 52 heavy (non-hydrogen) atoms. The number of esters is 1. The summed E-state index contributed by atoms with van der Waals surface area (Å²) in [7, 11) is 1.51. The van der Waals surface area contributed by atoms with E-state index in [1.807, 2.05) is 18.2 Å². The largest absolute Gasteiger partial charge is 0.494 e. The van der Waals surface area contributed by atoms with E-state index >= 15 is 0 Å². The van der Waals surface area contributed by atoms with Gasteiger partial charge >= 0.3 is 5.97 Å². The Labute approximate surface area is 313 Å². The number of halogens is 1. The zero-order valence-electron chi connectivity index (χ0n) is 30.2. The number of hydrogen-bond acceptors (Lipinski definition) is 8. The van der Waals surface area contributed by atoms with Gasteiger partial charge in [-0.15, -0.1) is 5.10 Å². The third kappa shape index (κ3) is 10.2. The summed E-state index contributed by atoms with van der Waals surface area (Å²) in [6.07, 6.45) is 14.8. The molecule has 2 amide bonds. The molecule has 1 fully saturated rings. The van der Waals surface area contributed by atoms with Gasteiger partial charge in [0.2, 0.25) is 5.91 Å². The van der Waals surface area contributed by atoms with Crippen molar-refractivity contribution in [2.45, 2.75) is 96.9 Å². The van der Waals surface area contributed by atoms with Crippen molar-refractivity contribution in [1.82, 2.24) is 20.4 Å². The topological polar surface area (TPSA) is 140 Å². The van der Waals surface area contributed by atoms with Crippen molar-refractivity contribution in [3.05, 3.63) is 70.7 Å². The number of anilines is 2. The molecule has 12 nitrogen and oxygen atoms in total. The Hall–Kier alpha value is -4.78. The number of unbranched alkanes of at least 4 members (excludes halogenated alkanes) is 11. The minimum absolute atomic E-state index is 0.202. The number of carbonyl (C=O) groups excluding carboxylic acids is 3. The highest BCUT2D eigenvalue weighted by atomic mass is 79.9. The van der Waals surface area contributed by atoms with Crippen LogP contribution in [0.5, 0.6) is 5.75 Å². The number of aliphatic imine (C=N–C) groups is 1. The molecule has 276 valence electrons. The number of nitrogens with one attached hydrogen (secondary N) is 2. The molecule has 2 heterocycles. The Kier molecular flexibility index (Phi) is 14.2. The summed E-state index contributed by atoms with van der Waals surface area (Å²) in [5, 5.41) is 12.7. The van der Waals surface area contributed by atoms with E-state index in [9.17, 15) is 14.4 Å². The van der Waals surface area contributed by atoms with Gasteiger partial charge < -0.3 is 14.8 Å². The van der Waals surface area contributed by atoms with Crippen LogP contribution in [0.2, 0.25) is 0 Å². The van der Waals surface area contributed by atoms with Gasteiger partial charge in [0.15, 0.2) is 11.9 Å². The fourth-order valence-electron chi connectivity index (χ4n) is 6.20. The minimum Gasteiger partial charge on any atom is -0.494 e. The summed E-state index contributed by atoms with van der Waals surface area (Å²) in [6.45, 7) is 4.02. The first-order chi connectivity index (χ1) is 25.3. The first-order valence-electron chi connectivity index (χ1n) is 18.2. The summed E-state index contributed by atoms with van der Waals surface area (Å²) in [4.78, 5) is 43.6. The number of ether oxygens (including phenoxy) is 2. The van der Waals surface area contributed by atoms with E-state index in [1.165, 1.54) is 81.5 Å². The van der Waals surface area contributed by atoms with Crippen LogP contribution in [0.1, 0.15) is 107 Å². The van der Waals surface area contributed by atoms with Crippen molar-refractivity contribution in [3.8, 4) is 5.75 Å². The second kappa shape index (κ2) is 19.2. The molecule has 4 aromatic rings. The lowest BCUT2D eigenvalue weighted by molar-refractivity contribution is -0.119. The molecule has 0 aliphatic carbocycles. The lowest BCUT2D eigenvalue weighted by atomic mass is 10.1. The van der Waals surface area contributed by atoms with E-state index in [0.717, 1.165) is 23.7 Å². The molecule has 13 heteroatoms. The smallest absolute Gasteiger partial charge is 0.338 e. The number of carbonyl (C=O) groups is 3. The highest BCUT2D eigenvalue weighted by Crippen LogP contribution is 2.33. The summed E-state index contributed by atoms with van der Waals surface area (Å²) >= 11 is 3.47. The molecular weight excluding hydrogens is 726 g/mol. The van der Waals surface area contributed by atoms with Gasteiger partial charge in [-0.05, 0) is 67.1 Å². The standard InChI is InChI=1S/C39H48BrN7O5/c1-4-5-6-7-8-9-10-11-12-13-14-15-24-52-39(50)28-16-23-35(51-3)33(25-28)42-37-36(47-34-22-17-29(40)26-32(34)43-45-47)38(49)46(44-37)31-20-18-30(19-21-31)41-27(2)48/h16-23,25-26,36H,4-15,24H2,1-3H3,(H,41,48)(H,42,44). The molecule has 1 atom stereocenters. The van der Waals surface area contributed by atoms with Gasteiger partial charge in [0.25, 0.3) is 5.91 Å². The van der Waals surface area contributed by atoms with E-state index in [4.69, 9.17) is 14.5 Å². The Morgan fingerprint density at radius 2 is 1.58 bits per heavy atom. The van der Waals surface area contributed by atoms with Gasteiger partial charge in [0.1, 0.15) is 17.0 Å². The van der Waals surface area contributed by atoms with Crippen LogP contribution in [0.4, 0.5) is 17.1 Å². The van der Waals surface area contributed by atoms with Crippen molar-refractivity contribution in [3.63, 3.8) is 0 Å². The lowest BCUT2D eigenvalue weighted by Gasteiger charge is -2.16. The van der Waals surface area contributed by atoms with Crippen molar-refractivity contribution in [2.24, 2.45) is 4.99 Å². The van der Waals surface area contributed by atoms with Crippen LogP contribution in [-0.4, -0.2) is 52.3 Å². The molecule has 1 aliphatic heterocycles. The number of benzene rings is 3. The molecular formula is C39H48BrN7O5. The Bertz CT molecular complexity index is 1860. The van der Waals surface area contributed by atoms with Crippen LogP contribution in [-0.2, 0) is 14.3 Å². The maximum Gasteiger partial charge on any atom is 0.338 e. The van der Waals surface area contributed by atoms with Crippen LogP contribution < -0.4 is 20.5 Å². The zero-order chi connectivity index (χ0) is 36.9. The van der Waals surface area contributed by atoms with Gasteiger partial charge in [-0.2, -0.15) is 0 Å². The molecule has 1 unspecified atom stereocenters. The number of hydrogen-bond donors (Lipinski definition) is 2.